The van der Waals surface area contributed by atoms with Gasteiger partial charge in [0.2, 0.25) is 0 Å². The van der Waals surface area contributed by atoms with Crippen LogP contribution in [-0.4, -0.2) is 0 Å². The van der Waals surface area contributed by atoms with Gasteiger partial charge in [0.05, 0.1) is 0 Å². The molecule has 0 saturated heterocycles. The highest BCUT2D eigenvalue weighted by Gasteiger charge is 2.47. The molecule has 0 N–H and O–H groups in total. The normalized spacial score (nSPS) is 18.8. The SMILES string of the molecule is CC1(C)C(c2ccc3c(c2)C(C)(C)c2cc4c(cc2-3)C(C)(C)c2ccc3ccccc3c2-4)=CC=C1c1cc2c3c(c1)C(C)(C)c1cccc4c(-c5ccccc5)cc(c-3c14)C2(C)C. The van der Waals surface area contributed by atoms with Crippen LogP contribution in [0.3, 0.4) is 0 Å². The number of fused-ring (bicyclic) bond motifs is 8. The Morgan fingerprint density at radius 1 is 0.286 bits per heavy atom. The van der Waals surface area contributed by atoms with E-state index in [-0.39, 0.29) is 27.1 Å². The highest BCUT2D eigenvalue weighted by molar-refractivity contribution is 6.14. The molecule has 0 radical (unpaired) electrons. The zero-order chi connectivity index (χ0) is 43.3. The standard InChI is InChI=1S/C63H54/c1-59(2)45(37-23-25-40-43-33-51-44(34-50(43)62(7,8)49(40)29-37)55-39-20-15-14-19-36(39)24-26-48(55)60(51,3)4)27-28-46(59)38-30-52-57-53(31-38)63(9,10)54-32-42(35-17-12-11-13-18-35)41-21-16-22-47(61(52,5)6)56(41)58(54)57/h11-34H,1-10H3. The monoisotopic (exact) mass is 810 g/mol. The molecule has 0 aliphatic heterocycles. The van der Waals surface area contributed by atoms with Crippen LogP contribution < -0.4 is 0 Å². The summed E-state index contributed by atoms with van der Waals surface area (Å²) in [5.41, 5.74) is 27.5. The summed E-state index contributed by atoms with van der Waals surface area (Å²) in [6, 6.07) is 51.9. The van der Waals surface area contributed by atoms with Crippen molar-refractivity contribution in [3.05, 3.63) is 201 Å². The lowest BCUT2D eigenvalue weighted by atomic mass is 9.66. The van der Waals surface area contributed by atoms with Crippen molar-refractivity contribution in [2.24, 2.45) is 5.41 Å². The van der Waals surface area contributed by atoms with E-state index in [1.54, 1.807) is 0 Å². The number of allylic oxidation sites excluding steroid dienone is 4. The van der Waals surface area contributed by atoms with Gasteiger partial charge in [-0.05, 0) is 169 Å². The maximum Gasteiger partial charge on any atom is 0.0159 e. The van der Waals surface area contributed by atoms with Crippen LogP contribution in [0.2, 0.25) is 0 Å². The fourth-order valence-corrected chi connectivity index (χ4v) is 13.5. The molecular formula is C63H54. The Balaban J connectivity index is 0.904. The number of rotatable bonds is 3. The molecule has 0 heteroatoms. The first kappa shape index (κ1) is 37.3. The smallest absolute Gasteiger partial charge is 0.0159 e. The van der Waals surface area contributed by atoms with Crippen LogP contribution >= 0.6 is 0 Å². The van der Waals surface area contributed by atoms with Gasteiger partial charge in [0, 0.05) is 27.1 Å². The van der Waals surface area contributed by atoms with E-state index in [0.717, 1.165) is 0 Å². The highest BCUT2D eigenvalue weighted by Crippen LogP contribution is 2.63. The van der Waals surface area contributed by atoms with E-state index in [1.807, 2.05) is 0 Å². The molecular weight excluding hydrogens is 757 g/mol. The van der Waals surface area contributed by atoms with Crippen LogP contribution in [-0.2, 0) is 21.7 Å². The summed E-state index contributed by atoms with van der Waals surface area (Å²) in [5.74, 6) is 0. The van der Waals surface area contributed by atoms with Crippen molar-refractivity contribution in [2.75, 3.05) is 0 Å². The lowest BCUT2D eigenvalue weighted by Gasteiger charge is -2.36. The van der Waals surface area contributed by atoms with Crippen molar-refractivity contribution in [2.45, 2.75) is 90.9 Å². The van der Waals surface area contributed by atoms with Gasteiger partial charge < -0.3 is 0 Å². The Labute approximate surface area is 373 Å². The molecule has 0 unspecified atom stereocenters. The number of hydrogen-bond acceptors (Lipinski definition) is 0. The first-order valence-electron chi connectivity index (χ1n) is 23.2. The lowest BCUT2D eigenvalue weighted by Crippen LogP contribution is -2.24. The fraction of sp³-hybridized carbons (Fsp3) is 0.238. The van der Waals surface area contributed by atoms with Crippen LogP contribution in [0.25, 0.3) is 77.2 Å². The first-order valence-corrected chi connectivity index (χ1v) is 23.2. The molecule has 0 saturated carbocycles. The first-order chi connectivity index (χ1) is 30.0. The van der Waals surface area contributed by atoms with Crippen LogP contribution in [0.15, 0.2) is 146 Å². The van der Waals surface area contributed by atoms with Gasteiger partial charge >= 0.3 is 0 Å². The van der Waals surface area contributed by atoms with Crippen LogP contribution in [0.4, 0.5) is 0 Å². The average Bonchev–Trinajstić information content (AvgIpc) is 3.88. The summed E-state index contributed by atoms with van der Waals surface area (Å²) in [4.78, 5) is 0. The zero-order valence-corrected chi connectivity index (χ0v) is 38.4. The van der Waals surface area contributed by atoms with Gasteiger partial charge in [-0.2, -0.15) is 0 Å². The largest absolute Gasteiger partial charge is 0.0622 e. The molecule has 63 heavy (non-hydrogen) atoms. The molecule has 0 spiro atoms. The zero-order valence-electron chi connectivity index (χ0n) is 38.4. The molecule has 8 aromatic rings. The Kier molecular flexibility index (Phi) is 6.91. The van der Waals surface area contributed by atoms with Crippen molar-refractivity contribution in [3.8, 4) is 44.5 Å². The minimum Gasteiger partial charge on any atom is -0.0622 e. The quantitative estimate of drug-likeness (QED) is 0.167. The second kappa shape index (κ2) is 11.7. The Hall–Kier alpha value is -6.24. The summed E-state index contributed by atoms with van der Waals surface area (Å²) in [6.07, 6.45) is 4.87. The van der Waals surface area contributed by atoms with Crippen LogP contribution in [0.1, 0.15) is 125 Å². The summed E-state index contributed by atoms with van der Waals surface area (Å²) in [7, 11) is 0. The van der Waals surface area contributed by atoms with Gasteiger partial charge in [-0.15, -0.1) is 0 Å². The third kappa shape index (κ3) is 4.48. The van der Waals surface area contributed by atoms with E-state index in [0.29, 0.717) is 0 Å². The lowest BCUT2D eigenvalue weighted by molar-refractivity contribution is 0.636. The number of benzene rings is 8. The van der Waals surface area contributed by atoms with Gasteiger partial charge in [-0.25, -0.2) is 0 Å². The summed E-state index contributed by atoms with van der Waals surface area (Å²) >= 11 is 0. The molecule has 0 bridgehead atoms. The molecule has 5 aliphatic rings. The molecule has 8 aromatic carbocycles. The summed E-state index contributed by atoms with van der Waals surface area (Å²) in [6.45, 7) is 24.5. The highest BCUT2D eigenvalue weighted by atomic mass is 14.5. The maximum atomic E-state index is 2.58. The molecule has 0 amide bonds. The minimum absolute atomic E-state index is 0.0681. The molecule has 5 aliphatic carbocycles. The number of hydrogen-bond donors (Lipinski definition) is 0. The fourth-order valence-electron chi connectivity index (χ4n) is 13.5. The van der Waals surface area contributed by atoms with E-state index in [9.17, 15) is 0 Å². The predicted octanol–water partition coefficient (Wildman–Crippen LogP) is 16.7. The Morgan fingerprint density at radius 3 is 1.60 bits per heavy atom. The van der Waals surface area contributed by atoms with Crippen molar-refractivity contribution in [1.82, 2.24) is 0 Å². The molecule has 0 fully saturated rings. The van der Waals surface area contributed by atoms with Gasteiger partial charge in [0.25, 0.3) is 0 Å². The van der Waals surface area contributed by atoms with E-state index in [2.05, 4.69) is 215 Å². The minimum atomic E-state index is -0.194. The average molecular weight is 811 g/mol. The van der Waals surface area contributed by atoms with Gasteiger partial charge in [0.1, 0.15) is 0 Å². The van der Waals surface area contributed by atoms with E-state index >= 15 is 0 Å². The predicted molar refractivity (Wildman–Crippen MR) is 268 cm³/mol. The Bertz CT molecular complexity index is 3500. The van der Waals surface area contributed by atoms with Gasteiger partial charge in [-0.1, -0.05) is 178 Å². The molecule has 0 aromatic heterocycles. The van der Waals surface area contributed by atoms with E-state index in [4.69, 9.17) is 0 Å². The molecule has 0 atom stereocenters. The van der Waals surface area contributed by atoms with Crippen molar-refractivity contribution in [1.29, 1.82) is 0 Å². The van der Waals surface area contributed by atoms with Crippen LogP contribution in [0, 0.1) is 5.41 Å². The van der Waals surface area contributed by atoms with E-state index < -0.39 is 0 Å². The molecule has 13 rings (SSSR count). The summed E-state index contributed by atoms with van der Waals surface area (Å²) in [5, 5.41) is 5.49. The second-order valence-electron chi connectivity index (χ2n) is 22.1. The summed E-state index contributed by atoms with van der Waals surface area (Å²) < 4.78 is 0. The molecule has 306 valence electrons. The van der Waals surface area contributed by atoms with E-state index in [1.165, 1.54) is 133 Å². The third-order valence-electron chi connectivity index (χ3n) is 17.1. The van der Waals surface area contributed by atoms with Crippen molar-refractivity contribution in [3.63, 3.8) is 0 Å². The van der Waals surface area contributed by atoms with Crippen molar-refractivity contribution < 1.29 is 0 Å². The van der Waals surface area contributed by atoms with Crippen LogP contribution in [0.5, 0.6) is 0 Å². The van der Waals surface area contributed by atoms with Crippen molar-refractivity contribution >= 4 is 32.7 Å². The van der Waals surface area contributed by atoms with Gasteiger partial charge in [0.15, 0.2) is 0 Å². The molecule has 0 heterocycles. The van der Waals surface area contributed by atoms with Gasteiger partial charge in [-0.3, -0.25) is 0 Å². The third-order valence-corrected chi connectivity index (χ3v) is 17.1. The molecule has 0 nitrogen and oxygen atoms in total. The maximum absolute atomic E-state index is 2.58. The topological polar surface area (TPSA) is 0 Å². The Morgan fingerprint density at radius 2 is 0.841 bits per heavy atom. The second-order valence-corrected chi connectivity index (χ2v) is 22.1.